The van der Waals surface area contributed by atoms with E-state index in [1.54, 1.807) is 0 Å². The van der Waals surface area contributed by atoms with E-state index in [0.29, 0.717) is 25.8 Å². The molecule has 2 unspecified atom stereocenters. The Kier molecular flexibility index (Phi) is 8.50. The molecular weight excluding hydrogens is 272 g/mol. The molecule has 0 aromatic carbocycles. The molecule has 0 radical (unpaired) electrons. The summed E-state index contributed by atoms with van der Waals surface area (Å²) in [6.45, 7) is 0.484. The second-order valence-corrected chi connectivity index (χ2v) is 5.37. The number of carboxylic acid groups (broad SMARTS) is 1. The molecule has 0 aromatic heterocycles. The third-order valence-electron chi connectivity index (χ3n) is 3.52. The molecule has 1 aliphatic carbocycles. The Morgan fingerprint density at radius 3 is 2.81 bits per heavy atom. The van der Waals surface area contributed by atoms with Gasteiger partial charge in [-0.25, -0.2) is 4.79 Å². The van der Waals surface area contributed by atoms with Gasteiger partial charge in [0.25, 0.3) is 0 Å². The van der Waals surface area contributed by atoms with Crippen LogP contribution in [0.15, 0.2) is 12.2 Å². The Balaban J connectivity index is 2.08. The van der Waals surface area contributed by atoms with Crippen molar-refractivity contribution in [2.24, 2.45) is 5.73 Å². The van der Waals surface area contributed by atoms with Crippen LogP contribution in [0.2, 0.25) is 0 Å². The standard InChI is InChI=1S/C15H26N2O4/c16-13(14(18)19)10-6-7-11-17-15(20)21-12-8-4-2-1-3-5-9-12/h1-2,12-13H,3-11,16H2,(H,17,20)(H,18,19)/b2-1+. The monoisotopic (exact) mass is 298 g/mol. The summed E-state index contributed by atoms with van der Waals surface area (Å²) >= 11 is 0. The summed E-state index contributed by atoms with van der Waals surface area (Å²) in [7, 11) is 0. The highest BCUT2D eigenvalue weighted by molar-refractivity contribution is 5.72. The number of ether oxygens (including phenoxy) is 1. The van der Waals surface area contributed by atoms with Gasteiger partial charge in [-0.1, -0.05) is 12.2 Å². The molecule has 0 saturated heterocycles. The second kappa shape index (κ2) is 10.2. The molecule has 0 heterocycles. The van der Waals surface area contributed by atoms with Crippen LogP contribution in [0.1, 0.15) is 51.4 Å². The van der Waals surface area contributed by atoms with E-state index >= 15 is 0 Å². The van der Waals surface area contributed by atoms with Crippen molar-refractivity contribution < 1.29 is 19.4 Å². The molecule has 0 aliphatic heterocycles. The average Bonchev–Trinajstić information content (AvgIpc) is 2.41. The van der Waals surface area contributed by atoms with Crippen LogP contribution >= 0.6 is 0 Å². The van der Waals surface area contributed by atoms with E-state index in [2.05, 4.69) is 17.5 Å². The van der Waals surface area contributed by atoms with Gasteiger partial charge >= 0.3 is 12.1 Å². The molecule has 4 N–H and O–H groups in total. The lowest BCUT2D eigenvalue weighted by Gasteiger charge is -2.18. The van der Waals surface area contributed by atoms with Crippen molar-refractivity contribution in [3.63, 3.8) is 0 Å². The molecule has 0 bridgehead atoms. The lowest BCUT2D eigenvalue weighted by atomic mass is 10.0. The number of hydrogen-bond donors (Lipinski definition) is 3. The molecule has 0 fully saturated rings. The Bertz CT molecular complexity index is 358. The number of amides is 1. The highest BCUT2D eigenvalue weighted by atomic mass is 16.6. The summed E-state index contributed by atoms with van der Waals surface area (Å²) in [6, 6.07) is -0.820. The van der Waals surface area contributed by atoms with Crippen LogP contribution in [0, 0.1) is 0 Å². The first kappa shape index (κ1) is 17.5. The molecule has 1 amide bonds. The summed E-state index contributed by atoms with van der Waals surface area (Å²) < 4.78 is 5.39. The lowest BCUT2D eigenvalue weighted by Crippen LogP contribution is -2.31. The van der Waals surface area contributed by atoms with Crippen molar-refractivity contribution in [2.45, 2.75) is 63.5 Å². The van der Waals surface area contributed by atoms with Gasteiger partial charge in [-0.2, -0.15) is 0 Å². The first-order valence-electron chi connectivity index (χ1n) is 7.67. The average molecular weight is 298 g/mol. The number of unbranched alkanes of at least 4 members (excludes halogenated alkanes) is 1. The van der Waals surface area contributed by atoms with E-state index in [1.807, 2.05) is 0 Å². The minimum absolute atomic E-state index is 0.00428. The van der Waals surface area contributed by atoms with Crippen molar-refractivity contribution in [3.05, 3.63) is 12.2 Å². The molecule has 0 saturated carbocycles. The molecule has 0 spiro atoms. The molecular formula is C15H26N2O4. The van der Waals surface area contributed by atoms with Gasteiger partial charge in [0, 0.05) is 6.54 Å². The van der Waals surface area contributed by atoms with Crippen molar-refractivity contribution in [2.75, 3.05) is 6.54 Å². The van der Waals surface area contributed by atoms with E-state index in [4.69, 9.17) is 15.6 Å². The van der Waals surface area contributed by atoms with Gasteiger partial charge < -0.3 is 20.9 Å². The number of carboxylic acids is 1. The fraction of sp³-hybridized carbons (Fsp3) is 0.733. The molecule has 6 heteroatoms. The SMILES string of the molecule is NC(CCCCNC(=O)OC1CC/C=C/CCC1)C(=O)O. The Labute approximate surface area is 125 Å². The zero-order valence-corrected chi connectivity index (χ0v) is 12.4. The maximum absolute atomic E-state index is 11.6. The van der Waals surface area contributed by atoms with Crippen LogP contribution in [0.5, 0.6) is 0 Å². The number of carbonyl (C=O) groups is 2. The third-order valence-corrected chi connectivity index (χ3v) is 3.52. The summed E-state index contributed by atoms with van der Waals surface area (Å²) in [4.78, 5) is 22.2. The maximum Gasteiger partial charge on any atom is 0.407 e. The molecule has 6 nitrogen and oxygen atoms in total. The van der Waals surface area contributed by atoms with Crippen molar-refractivity contribution in [1.82, 2.24) is 5.32 Å². The summed E-state index contributed by atoms with van der Waals surface area (Å²) in [6.07, 6.45) is 10.5. The molecule has 2 atom stereocenters. The number of allylic oxidation sites excluding steroid dienone is 2. The van der Waals surface area contributed by atoms with E-state index in [-0.39, 0.29) is 12.2 Å². The van der Waals surface area contributed by atoms with Crippen LogP contribution in [-0.4, -0.2) is 35.9 Å². The van der Waals surface area contributed by atoms with Gasteiger partial charge in [0.1, 0.15) is 12.1 Å². The van der Waals surface area contributed by atoms with Crippen molar-refractivity contribution >= 4 is 12.1 Å². The summed E-state index contributed by atoms with van der Waals surface area (Å²) in [5, 5.41) is 11.3. The number of nitrogens with two attached hydrogens (primary N) is 1. The molecule has 1 rings (SSSR count). The Morgan fingerprint density at radius 2 is 2.05 bits per heavy atom. The normalized spacial score (nSPS) is 21.7. The van der Waals surface area contributed by atoms with Gasteiger partial charge in [-0.3, -0.25) is 4.79 Å². The zero-order valence-electron chi connectivity index (χ0n) is 12.4. The van der Waals surface area contributed by atoms with Crippen molar-refractivity contribution in [3.8, 4) is 0 Å². The van der Waals surface area contributed by atoms with Gasteiger partial charge in [-0.15, -0.1) is 0 Å². The van der Waals surface area contributed by atoms with Crippen LogP contribution in [-0.2, 0) is 9.53 Å². The fourth-order valence-electron chi connectivity index (χ4n) is 2.24. The van der Waals surface area contributed by atoms with Gasteiger partial charge in [0.2, 0.25) is 0 Å². The maximum atomic E-state index is 11.6. The second-order valence-electron chi connectivity index (χ2n) is 5.37. The summed E-state index contributed by atoms with van der Waals surface area (Å²) in [5.41, 5.74) is 5.39. The largest absolute Gasteiger partial charge is 0.480 e. The predicted octanol–water partition coefficient (Wildman–Crippen LogP) is 2.18. The number of hydrogen-bond acceptors (Lipinski definition) is 4. The quantitative estimate of drug-likeness (QED) is 0.494. The Hall–Kier alpha value is -1.56. The molecule has 0 aromatic rings. The van der Waals surface area contributed by atoms with E-state index in [0.717, 1.165) is 32.1 Å². The minimum atomic E-state index is -0.985. The van der Waals surface area contributed by atoms with E-state index < -0.39 is 12.0 Å². The van der Waals surface area contributed by atoms with E-state index in [1.165, 1.54) is 0 Å². The third kappa shape index (κ3) is 8.34. The highest BCUT2D eigenvalue weighted by Gasteiger charge is 2.14. The van der Waals surface area contributed by atoms with Gasteiger partial charge in [0.05, 0.1) is 0 Å². The van der Waals surface area contributed by atoms with Gasteiger partial charge in [0.15, 0.2) is 0 Å². The number of aliphatic carboxylic acids is 1. The molecule has 21 heavy (non-hydrogen) atoms. The number of nitrogens with one attached hydrogen (secondary N) is 1. The molecule has 1 aliphatic rings. The number of carbonyl (C=O) groups excluding carboxylic acids is 1. The first-order chi connectivity index (χ1) is 10.1. The van der Waals surface area contributed by atoms with Crippen LogP contribution in [0.3, 0.4) is 0 Å². The van der Waals surface area contributed by atoms with Gasteiger partial charge in [-0.05, 0) is 51.4 Å². The number of rotatable bonds is 7. The first-order valence-corrected chi connectivity index (χ1v) is 7.67. The van der Waals surface area contributed by atoms with Crippen LogP contribution in [0.25, 0.3) is 0 Å². The van der Waals surface area contributed by atoms with E-state index in [9.17, 15) is 9.59 Å². The van der Waals surface area contributed by atoms with Crippen molar-refractivity contribution in [1.29, 1.82) is 0 Å². The predicted molar refractivity (Wildman–Crippen MR) is 80.0 cm³/mol. The Morgan fingerprint density at radius 1 is 1.29 bits per heavy atom. The molecule has 120 valence electrons. The van der Waals surface area contributed by atoms with Crippen LogP contribution < -0.4 is 11.1 Å². The lowest BCUT2D eigenvalue weighted by molar-refractivity contribution is -0.138. The highest BCUT2D eigenvalue weighted by Crippen LogP contribution is 2.15. The fourth-order valence-corrected chi connectivity index (χ4v) is 2.24. The minimum Gasteiger partial charge on any atom is -0.480 e. The summed E-state index contributed by atoms with van der Waals surface area (Å²) in [5.74, 6) is -0.985. The zero-order chi connectivity index (χ0) is 15.5. The topological polar surface area (TPSA) is 102 Å². The number of alkyl carbamates (subject to hydrolysis) is 1. The van der Waals surface area contributed by atoms with Crippen LogP contribution in [0.4, 0.5) is 4.79 Å². The smallest absolute Gasteiger partial charge is 0.407 e.